The van der Waals surface area contributed by atoms with Crippen molar-refractivity contribution in [3.05, 3.63) is 60.9 Å². The summed E-state index contributed by atoms with van der Waals surface area (Å²) in [6.45, 7) is 0. The number of rotatable bonds is 4. The zero-order valence-corrected chi connectivity index (χ0v) is 15.3. The van der Waals surface area contributed by atoms with Crippen LogP contribution in [0.2, 0.25) is 0 Å². The summed E-state index contributed by atoms with van der Waals surface area (Å²) in [5.41, 5.74) is 3.03. The summed E-state index contributed by atoms with van der Waals surface area (Å²) < 4.78 is 0. The summed E-state index contributed by atoms with van der Waals surface area (Å²) in [5.74, 6) is -2.25. The Morgan fingerprint density at radius 2 is 1.11 bits per heavy atom. The third-order valence-electron chi connectivity index (χ3n) is 4.42. The van der Waals surface area contributed by atoms with E-state index in [-0.39, 0.29) is 0 Å². The number of carbonyl (C=O) groups excluding carboxylic acids is 2. The highest BCUT2D eigenvalue weighted by atomic mass is 16.8. The standard InChI is InChI=1S/C20H18N4O4/c1-23(17-11-21-15-9-5-3-7-13(15)17)27-19(25)20(26)28-24(2)18-12-22-16-10-6-4-8-14(16)18/h3-12,21-22H,1-2H3. The van der Waals surface area contributed by atoms with E-state index >= 15 is 0 Å². The first-order valence-electron chi connectivity index (χ1n) is 8.58. The molecule has 0 saturated heterocycles. The second-order valence-electron chi connectivity index (χ2n) is 6.19. The number of hydrogen-bond donors (Lipinski definition) is 2. The van der Waals surface area contributed by atoms with Gasteiger partial charge in [-0.15, -0.1) is 0 Å². The molecular formula is C20H18N4O4. The number of anilines is 2. The second-order valence-corrected chi connectivity index (χ2v) is 6.19. The lowest BCUT2D eigenvalue weighted by molar-refractivity contribution is -0.168. The smallest absolute Gasteiger partial charge is 0.359 e. The average molecular weight is 378 g/mol. The molecule has 0 saturated carbocycles. The Morgan fingerprint density at radius 3 is 1.54 bits per heavy atom. The molecule has 28 heavy (non-hydrogen) atoms. The van der Waals surface area contributed by atoms with E-state index in [1.165, 1.54) is 10.1 Å². The molecule has 0 radical (unpaired) electrons. The first kappa shape index (κ1) is 17.5. The minimum Gasteiger partial charge on any atom is -0.359 e. The van der Waals surface area contributed by atoms with Gasteiger partial charge >= 0.3 is 11.9 Å². The normalized spacial score (nSPS) is 10.8. The van der Waals surface area contributed by atoms with Gasteiger partial charge in [-0.3, -0.25) is 0 Å². The molecule has 0 aliphatic carbocycles. The van der Waals surface area contributed by atoms with Crippen molar-refractivity contribution in [3.63, 3.8) is 0 Å². The Bertz CT molecular complexity index is 1070. The highest BCUT2D eigenvalue weighted by molar-refractivity contribution is 6.30. The zero-order chi connectivity index (χ0) is 19.7. The van der Waals surface area contributed by atoms with Crippen LogP contribution in [0.3, 0.4) is 0 Å². The largest absolute Gasteiger partial charge is 0.444 e. The van der Waals surface area contributed by atoms with Crippen LogP contribution >= 0.6 is 0 Å². The molecule has 2 aromatic heterocycles. The van der Waals surface area contributed by atoms with E-state index in [1.807, 2.05) is 48.5 Å². The van der Waals surface area contributed by atoms with Gasteiger partial charge in [0.25, 0.3) is 0 Å². The quantitative estimate of drug-likeness (QED) is 0.419. The minimum absolute atomic E-state index is 0.627. The highest BCUT2D eigenvalue weighted by Crippen LogP contribution is 2.27. The Morgan fingerprint density at radius 1 is 0.714 bits per heavy atom. The number of nitrogens with one attached hydrogen (secondary N) is 2. The lowest BCUT2D eigenvalue weighted by atomic mass is 10.2. The Kier molecular flexibility index (Phi) is 4.36. The van der Waals surface area contributed by atoms with Gasteiger partial charge in [0.05, 0.1) is 11.4 Å². The molecule has 2 aromatic carbocycles. The predicted molar refractivity (Wildman–Crippen MR) is 106 cm³/mol. The summed E-state index contributed by atoms with van der Waals surface area (Å²) in [6.07, 6.45) is 3.39. The summed E-state index contributed by atoms with van der Waals surface area (Å²) >= 11 is 0. The fourth-order valence-electron chi connectivity index (χ4n) is 3.06. The molecule has 0 aliphatic rings. The van der Waals surface area contributed by atoms with Gasteiger partial charge < -0.3 is 19.6 Å². The summed E-state index contributed by atoms with van der Waals surface area (Å²) in [5, 5.41) is 4.19. The van der Waals surface area contributed by atoms with E-state index in [0.717, 1.165) is 21.8 Å². The Hall–Kier alpha value is -3.94. The van der Waals surface area contributed by atoms with Crippen LogP contribution in [-0.2, 0) is 19.3 Å². The van der Waals surface area contributed by atoms with Crippen LogP contribution in [0.1, 0.15) is 0 Å². The zero-order valence-electron chi connectivity index (χ0n) is 15.3. The topological polar surface area (TPSA) is 90.7 Å². The molecule has 0 spiro atoms. The first-order chi connectivity index (χ1) is 13.5. The van der Waals surface area contributed by atoms with Crippen LogP contribution in [0.25, 0.3) is 21.8 Å². The summed E-state index contributed by atoms with van der Waals surface area (Å²) in [4.78, 5) is 40.8. The van der Waals surface area contributed by atoms with Crippen LogP contribution in [-0.4, -0.2) is 36.0 Å². The maximum atomic E-state index is 12.2. The van der Waals surface area contributed by atoms with Crippen molar-refractivity contribution in [2.45, 2.75) is 0 Å². The number of fused-ring (bicyclic) bond motifs is 2. The summed E-state index contributed by atoms with van der Waals surface area (Å²) in [6, 6.07) is 15.1. The molecule has 8 nitrogen and oxygen atoms in total. The minimum atomic E-state index is -1.13. The van der Waals surface area contributed by atoms with Crippen LogP contribution in [0, 0.1) is 0 Å². The van der Waals surface area contributed by atoms with Crippen LogP contribution in [0.4, 0.5) is 11.4 Å². The fraction of sp³-hybridized carbons (Fsp3) is 0.100. The van der Waals surface area contributed by atoms with Crippen LogP contribution in [0.5, 0.6) is 0 Å². The molecule has 0 atom stereocenters. The van der Waals surface area contributed by atoms with E-state index < -0.39 is 11.9 Å². The number of aromatic nitrogens is 2. The number of hydroxylamine groups is 2. The molecular weight excluding hydrogens is 360 g/mol. The monoisotopic (exact) mass is 378 g/mol. The highest BCUT2D eigenvalue weighted by Gasteiger charge is 2.24. The van der Waals surface area contributed by atoms with Crippen molar-refractivity contribution < 1.29 is 19.3 Å². The molecule has 142 valence electrons. The van der Waals surface area contributed by atoms with E-state index in [9.17, 15) is 9.59 Å². The van der Waals surface area contributed by atoms with Gasteiger partial charge in [-0.25, -0.2) is 19.7 Å². The van der Waals surface area contributed by atoms with E-state index in [0.29, 0.717) is 11.4 Å². The van der Waals surface area contributed by atoms with Crippen molar-refractivity contribution in [2.75, 3.05) is 24.2 Å². The maximum Gasteiger partial charge on any atom is 0.444 e. The van der Waals surface area contributed by atoms with Gasteiger partial charge in [0, 0.05) is 48.3 Å². The molecule has 8 heteroatoms. The van der Waals surface area contributed by atoms with E-state index in [1.54, 1.807) is 26.5 Å². The summed E-state index contributed by atoms with van der Waals surface area (Å²) in [7, 11) is 3.09. The number of aromatic amines is 2. The molecule has 2 N–H and O–H groups in total. The number of H-pyrrole nitrogens is 2. The molecule has 4 aromatic rings. The lowest BCUT2D eigenvalue weighted by Crippen LogP contribution is -2.33. The average Bonchev–Trinajstić information content (AvgIpc) is 3.32. The van der Waals surface area contributed by atoms with Gasteiger partial charge in [-0.05, 0) is 12.1 Å². The SMILES string of the molecule is CN(OC(=O)C(=O)ON(C)c1c[nH]c2ccccc12)c1c[nH]c2ccccc12. The number of carbonyl (C=O) groups is 2. The van der Waals surface area contributed by atoms with Gasteiger partial charge in [0.15, 0.2) is 0 Å². The molecule has 0 amide bonds. The van der Waals surface area contributed by atoms with Crippen molar-refractivity contribution in [1.29, 1.82) is 0 Å². The van der Waals surface area contributed by atoms with E-state index in [4.69, 9.17) is 9.68 Å². The third kappa shape index (κ3) is 3.11. The van der Waals surface area contributed by atoms with Crippen LogP contribution < -0.4 is 10.1 Å². The van der Waals surface area contributed by atoms with Gasteiger partial charge in [-0.2, -0.15) is 0 Å². The molecule has 4 rings (SSSR count). The molecule has 2 heterocycles. The number of benzene rings is 2. The first-order valence-corrected chi connectivity index (χ1v) is 8.58. The van der Waals surface area contributed by atoms with Crippen LogP contribution in [0.15, 0.2) is 60.9 Å². The van der Waals surface area contributed by atoms with Gasteiger partial charge in [0.2, 0.25) is 0 Å². The maximum absolute atomic E-state index is 12.2. The molecule has 0 aliphatic heterocycles. The van der Waals surface area contributed by atoms with E-state index in [2.05, 4.69) is 9.97 Å². The predicted octanol–water partition coefficient (Wildman–Crippen LogP) is 3.14. The van der Waals surface area contributed by atoms with Gasteiger partial charge in [0.1, 0.15) is 0 Å². The number of hydrogen-bond acceptors (Lipinski definition) is 6. The Labute approximate surface area is 160 Å². The van der Waals surface area contributed by atoms with Crippen molar-refractivity contribution in [1.82, 2.24) is 9.97 Å². The molecule has 0 fully saturated rings. The second kappa shape index (κ2) is 6.99. The van der Waals surface area contributed by atoms with Crippen molar-refractivity contribution in [2.24, 2.45) is 0 Å². The van der Waals surface area contributed by atoms with Gasteiger partial charge in [-0.1, -0.05) is 36.4 Å². The van der Waals surface area contributed by atoms with Crippen molar-refractivity contribution in [3.8, 4) is 0 Å². The fourth-order valence-corrected chi connectivity index (χ4v) is 3.06. The molecule has 0 unspecified atom stereocenters. The molecule has 0 bridgehead atoms. The third-order valence-corrected chi connectivity index (χ3v) is 4.42. The van der Waals surface area contributed by atoms with Crippen molar-refractivity contribution >= 4 is 45.1 Å². The number of para-hydroxylation sites is 2. The lowest BCUT2D eigenvalue weighted by Gasteiger charge is -2.19. The number of nitrogens with zero attached hydrogens (tertiary/aromatic N) is 2. The Balaban J connectivity index is 1.44.